The molecule has 0 atom stereocenters. The molecular weight excluding hydrogens is 398 g/mol. The quantitative estimate of drug-likeness (QED) is 0.447. The Kier molecular flexibility index (Phi) is 5.56. The fourth-order valence-electron chi connectivity index (χ4n) is 2.69. The predicted octanol–water partition coefficient (Wildman–Crippen LogP) is 4.31. The molecule has 0 spiro atoms. The summed E-state index contributed by atoms with van der Waals surface area (Å²) in [4.78, 5) is 34.3. The highest BCUT2D eigenvalue weighted by atomic mass is 35.5. The number of aromatic carboxylic acids is 1. The number of carbonyl (C=O) groups excluding carboxylic acids is 1. The number of hydrazone groups is 1. The first-order valence-corrected chi connectivity index (χ1v) is 8.71. The van der Waals surface area contributed by atoms with Crippen molar-refractivity contribution in [3.63, 3.8) is 0 Å². The molecule has 0 aromatic heterocycles. The first kappa shape index (κ1) is 20.0. The monoisotopic (exact) mass is 411 g/mol. The van der Waals surface area contributed by atoms with Gasteiger partial charge in [0.05, 0.1) is 32.5 Å². The van der Waals surface area contributed by atoms with E-state index in [1.807, 2.05) is 0 Å². The molecule has 8 nitrogen and oxygen atoms in total. The van der Waals surface area contributed by atoms with Crippen LogP contribution in [0.15, 0.2) is 65.3 Å². The molecule has 0 unspecified atom stereocenters. The number of hydrogen-bond acceptors (Lipinski definition) is 5. The first-order valence-electron chi connectivity index (χ1n) is 8.33. The Labute approximate surface area is 170 Å². The number of hydrogen-bond donors (Lipinski definition) is 1. The van der Waals surface area contributed by atoms with Crippen molar-refractivity contribution < 1.29 is 19.6 Å². The molecule has 1 aliphatic rings. The van der Waals surface area contributed by atoms with Crippen molar-refractivity contribution >= 4 is 46.6 Å². The van der Waals surface area contributed by atoms with Crippen LogP contribution in [0.4, 0.5) is 11.4 Å². The van der Waals surface area contributed by atoms with Crippen LogP contribution in [0, 0.1) is 10.1 Å². The van der Waals surface area contributed by atoms with Crippen molar-refractivity contribution in [2.24, 2.45) is 5.10 Å². The van der Waals surface area contributed by atoms with Crippen molar-refractivity contribution in [1.82, 2.24) is 0 Å². The van der Waals surface area contributed by atoms with Gasteiger partial charge in [-0.1, -0.05) is 35.9 Å². The van der Waals surface area contributed by atoms with Crippen LogP contribution in [0.1, 0.15) is 22.8 Å². The molecule has 29 heavy (non-hydrogen) atoms. The maximum atomic E-state index is 12.7. The molecule has 146 valence electrons. The summed E-state index contributed by atoms with van der Waals surface area (Å²) < 4.78 is 0. The van der Waals surface area contributed by atoms with E-state index in [2.05, 4.69) is 5.10 Å². The summed E-state index contributed by atoms with van der Waals surface area (Å²) in [7, 11) is 0. The zero-order valence-electron chi connectivity index (χ0n) is 15.1. The lowest BCUT2D eigenvalue weighted by atomic mass is 10.1. The summed E-state index contributed by atoms with van der Waals surface area (Å²) in [5, 5.41) is 25.4. The predicted molar refractivity (Wildman–Crippen MR) is 109 cm³/mol. The molecule has 2 aromatic carbocycles. The third-order valence-corrected chi connectivity index (χ3v) is 4.45. The van der Waals surface area contributed by atoms with Crippen LogP contribution >= 0.6 is 11.6 Å². The van der Waals surface area contributed by atoms with E-state index in [0.717, 1.165) is 5.01 Å². The Morgan fingerprint density at radius 1 is 1.28 bits per heavy atom. The van der Waals surface area contributed by atoms with Crippen molar-refractivity contribution in [3.8, 4) is 0 Å². The van der Waals surface area contributed by atoms with Gasteiger partial charge < -0.3 is 5.11 Å². The average molecular weight is 412 g/mol. The maximum absolute atomic E-state index is 12.7. The number of carboxylic acid groups (broad SMARTS) is 1. The molecule has 1 N–H and O–H groups in total. The van der Waals surface area contributed by atoms with Crippen molar-refractivity contribution in [2.45, 2.75) is 6.92 Å². The summed E-state index contributed by atoms with van der Waals surface area (Å²) in [6.07, 6.45) is 4.78. The Morgan fingerprint density at radius 2 is 2.03 bits per heavy atom. The molecule has 0 aliphatic carbocycles. The summed E-state index contributed by atoms with van der Waals surface area (Å²) in [6, 6.07) is 10.3. The molecule has 1 amide bonds. The molecule has 0 radical (unpaired) electrons. The molecule has 9 heteroatoms. The number of amides is 1. The smallest absolute Gasteiger partial charge is 0.337 e. The zero-order valence-corrected chi connectivity index (χ0v) is 15.8. The van der Waals surface area contributed by atoms with Gasteiger partial charge >= 0.3 is 5.97 Å². The van der Waals surface area contributed by atoms with E-state index in [1.165, 1.54) is 30.3 Å². The van der Waals surface area contributed by atoms with Gasteiger partial charge in [-0.15, -0.1) is 0 Å². The van der Waals surface area contributed by atoms with Gasteiger partial charge in [0.25, 0.3) is 11.6 Å². The number of benzene rings is 2. The minimum Gasteiger partial charge on any atom is -0.478 e. The fourth-order valence-corrected chi connectivity index (χ4v) is 2.89. The Balaban J connectivity index is 1.85. The van der Waals surface area contributed by atoms with E-state index in [1.54, 1.807) is 37.3 Å². The number of rotatable bonds is 5. The molecule has 0 bridgehead atoms. The standard InChI is InChI=1S/C20H14ClN3O5/c1-12-16(7-3-5-13-4-2-6-15(10-13)24(28)29)19(25)23(22-12)14-8-9-18(21)17(11-14)20(26)27/h2-11H,1H3,(H,26,27)/b5-3+,16-7-. The summed E-state index contributed by atoms with van der Waals surface area (Å²) in [5.41, 5.74) is 1.49. The molecule has 1 aliphatic heterocycles. The number of nitro groups is 1. The minimum absolute atomic E-state index is 0.0300. The van der Waals surface area contributed by atoms with Gasteiger partial charge in [-0.25, -0.2) is 4.79 Å². The topological polar surface area (TPSA) is 113 Å². The van der Waals surface area contributed by atoms with Gasteiger partial charge in [-0.3, -0.25) is 14.9 Å². The summed E-state index contributed by atoms with van der Waals surface area (Å²) in [6.45, 7) is 1.65. The number of nitrogens with zero attached hydrogens (tertiary/aromatic N) is 3. The molecule has 0 saturated carbocycles. The second-order valence-electron chi connectivity index (χ2n) is 6.06. The second kappa shape index (κ2) is 8.07. The van der Waals surface area contributed by atoms with Crippen LogP contribution in [-0.2, 0) is 4.79 Å². The fraction of sp³-hybridized carbons (Fsp3) is 0.0500. The zero-order chi connectivity index (χ0) is 21.1. The lowest BCUT2D eigenvalue weighted by molar-refractivity contribution is -0.384. The van der Waals surface area contributed by atoms with Gasteiger partial charge in [0.2, 0.25) is 0 Å². The number of nitro benzene ring substituents is 1. The minimum atomic E-state index is -1.21. The highest BCUT2D eigenvalue weighted by Gasteiger charge is 2.29. The number of anilines is 1. The number of allylic oxidation sites excluding steroid dienone is 2. The third-order valence-electron chi connectivity index (χ3n) is 4.12. The SMILES string of the molecule is CC1=NN(c2ccc(Cl)c(C(=O)O)c2)C(=O)/C1=C\C=C\c1cccc([N+](=O)[O-])c1. The largest absolute Gasteiger partial charge is 0.478 e. The van der Waals surface area contributed by atoms with E-state index in [-0.39, 0.29) is 22.0 Å². The van der Waals surface area contributed by atoms with Crippen LogP contribution in [0.5, 0.6) is 0 Å². The highest BCUT2D eigenvalue weighted by Crippen LogP contribution is 2.28. The van der Waals surface area contributed by atoms with E-state index < -0.39 is 16.8 Å². The first-order chi connectivity index (χ1) is 13.8. The van der Waals surface area contributed by atoms with E-state index in [9.17, 15) is 24.8 Å². The highest BCUT2D eigenvalue weighted by molar-refractivity contribution is 6.34. The van der Waals surface area contributed by atoms with Crippen LogP contribution in [0.2, 0.25) is 5.02 Å². The number of halogens is 1. The lowest BCUT2D eigenvalue weighted by Crippen LogP contribution is -2.21. The van der Waals surface area contributed by atoms with Crippen molar-refractivity contribution in [2.75, 3.05) is 5.01 Å². The van der Waals surface area contributed by atoms with Crippen LogP contribution < -0.4 is 5.01 Å². The molecular formula is C20H14ClN3O5. The maximum Gasteiger partial charge on any atom is 0.337 e. The normalized spacial score (nSPS) is 15.2. The van der Waals surface area contributed by atoms with E-state index in [4.69, 9.17) is 11.6 Å². The van der Waals surface area contributed by atoms with Gasteiger partial charge in [0.1, 0.15) is 0 Å². The Hall–Kier alpha value is -3.78. The van der Waals surface area contributed by atoms with Gasteiger partial charge in [0, 0.05) is 12.1 Å². The third kappa shape index (κ3) is 4.22. The summed E-state index contributed by atoms with van der Waals surface area (Å²) in [5.74, 6) is -1.63. The van der Waals surface area contributed by atoms with Crippen molar-refractivity contribution in [1.29, 1.82) is 0 Å². The number of carbonyl (C=O) groups is 2. The Morgan fingerprint density at radius 3 is 2.72 bits per heavy atom. The number of non-ortho nitro benzene ring substituents is 1. The molecule has 2 aromatic rings. The lowest BCUT2D eigenvalue weighted by Gasteiger charge is -2.12. The van der Waals surface area contributed by atoms with Gasteiger partial charge in [-0.05, 0) is 36.8 Å². The van der Waals surface area contributed by atoms with Crippen LogP contribution in [-0.4, -0.2) is 27.6 Å². The average Bonchev–Trinajstić information content (AvgIpc) is 2.96. The van der Waals surface area contributed by atoms with E-state index in [0.29, 0.717) is 16.8 Å². The van der Waals surface area contributed by atoms with E-state index >= 15 is 0 Å². The Bertz CT molecular complexity index is 1120. The summed E-state index contributed by atoms with van der Waals surface area (Å²) >= 11 is 5.87. The molecule has 1 heterocycles. The molecule has 3 rings (SSSR count). The molecule has 0 fully saturated rings. The van der Waals surface area contributed by atoms with Crippen LogP contribution in [0.25, 0.3) is 6.08 Å². The van der Waals surface area contributed by atoms with Gasteiger partial charge in [0.15, 0.2) is 0 Å². The number of carboxylic acids is 1. The molecule has 0 saturated heterocycles. The van der Waals surface area contributed by atoms with Gasteiger partial charge in [-0.2, -0.15) is 10.1 Å². The second-order valence-corrected chi connectivity index (χ2v) is 6.47. The van der Waals surface area contributed by atoms with Crippen molar-refractivity contribution in [3.05, 3.63) is 86.5 Å². The van der Waals surface area contributed by atoms with Crippen LogP contribution in [0.3, 0.4) is 0 Å².